The third-order valence-corrected chi connectivity index (χ3v) is 7.66. The molecule has 2 nitrogen and oxygen atoms in total. The fourth-order valence-corrected chi connectivity index (χ4v) is 5.94. The SMILES string of the molecule is N#Cc1ccc2oc3ccc(-c4ccc5ccc6c(-c7ccccc7)ccc7ccc4c5c76)cc3c2c1. The van der Waals surface area contributed by atoms with Crippen molar-refractivity contribution < 1.29 is 4.42 Å². The van der Waals surface area contributed by atoms with Gasteiger partial charge in [0.1, 0.15) is 11.2 Å². The van der Waals surface area contributed by atoms with Gasteiger partial charge >= 0.3 is 0 Å². The number of nitrogens with zero attached hydrogens (tertiary/aromatic N) is 1. The highest BCUT2D eigenvalue weighted by atomic mass is 16.3. The second-order valence-corrected chi connectivity index (χ2v) is 9.65. The Morgan fingerprint density at radius 1 is 0.486 bits per heavy atom. The van der Waals surface area contributed by atoms with E-state index in [2.05, 4.69) is 97.1 Å². The van der Waals surface area contributed by atoms with E-state index in [9.17, 15) is 5.26 Å². The van der Waals surface area contributed by atoms with Crippen molar-refractivity contribution in [1.29, 1.82) is 5.26 Å². The Morgan fingerprint density at radius 3 is 1.76 bits per heavy atom. The van der Waals surface area contributed by atoms with Gasteiger partial charge in [-0.15, -0.1) is 0 Å². The predicted molar refractivity (Wildman–Crippen MR) is 153 cm³/mol. The number of nitriles is 1. The Bertz CT molecular complexity index is 2200. The third kappa shape index (κ3) is 2.86. The second-order valence-electron chi connectivity index (χ2n) is 9.65. The van der Waals surface area contributed by atoms with Gasteiger partial charge in [0.15, 0.2) is 0 Å². The second kappa shape index (κ2) is 7.43. The van der Waals surface area contributed by atoms with Crippen molar-refractivity contribution in [1.82, 2.24) is 0 Å². The van der Waals surface area contributed by atoms with Gasteiger partial charge in [0, 0.05) is 10.8 Å². The van der Waals surface area contributed by atoms with Gasteiger partial charge in [0.05, 0.1) is 11.6 Å². The molecule has 0 atom stereocenters. The fraction of sp³-hybridized carbons (Fsp3) is 0. The number of fused-ring (bicyclic) bond motifs is 3. The molecule has 8 aromatic rings. The molecule has 0 aliphatic carbocycles. The molecule has 8 rings (SSSR count). The van der Waals surface area contributed by atoms with Gasteiger partial charge < -0.3 is 4.42 Å². The maximum absolute atomic E-state index is 9.40. The first-order chi connectivity index (χ1) is 18.3. The van der Waals surface area contributed by atoms with Crippen molar-refractivity contribution in [2.24, 2.45) is 0 Å². The van der Waals surface area contributed by atoms with Crippen LogP contribution in [0.1, 0.15) is 5.56 Å². The topological polar surface area (TPSA) is 36.9 Å². The summed E-state index contributed by atoms with van der Waals surface area (Å²) in [6, 6.07) is 42.8. The lowest BCUT2D eigenvalue weighted by Gasteiger charge is -2.16. The van der Waals surface area contributed by atoms with E-state index in [-0.39, 0.29) is 0 Å². The summed E-state index contributed by atoms with van der Waals surface area (Å²) in [7, 11) is 0. The normalized spacial score (nSPS) is 11.8. The Kier molecular flexibility index (Phi) is 4.04. The van der Waals surface area contributed by atoms with Crippen molar-refractivity contribution in [3.63, 3.8) is 0 Å². The van der Waals surface area contributed by atoms with Crippen LogP contribution in [-0.2, 0) is 0 Å². The van der Waals surface area contributed by atoms with Crippen LogP contribution in [0.4, 0.5) is 0 Å². The largest absolute Gasteiger partial charge is 0.456 e. The Morgan fingerprint density at radius 2 is 1.08 bits per heavy atom. The molecular weight excluding hydrogens is 450 g/mol. The van der Waals surface area contributed by atoms with E-state index in [0.717, 1.165) is 27.5 Å². The highest BCUT2D eigenvalue weighted by Crippen LogP contribution is 2.43. The predicted octanol–water partition coefficient (Wildman–Crippen LogP) is 9.69. The standard InChI is InChI=1S/C35H19NO/c36-20-21-6-16-32-30(18-21)31-19-25(11-17-33(31)37-32)27-13-8-24-9-14-28-26(22-4-2-1-3-5-22)12-7-23-10-15-29(27)35(24)34(23)28/h1-19H. The number of furan rings is 1. The molecule has 37 heavy (non-hydrogen) atoms. The van der Waals surface area contributed by atoms with Crippen molar-refractivity contribution in [3.8, 4) is 28.3 Å². The zero-order valence-electron chi connectivity index (χ0n) is 19.8. The molecule has 1 aromatic heterocycles. The van der Waals surface area contributed by atoms with Gasteiger partial charge in [-0.05, 0) is 84.9 Å². The van der Waals surface area contributed by atoms with Crippen LogP contribution in [0.3, 0.4) is 0 Å². The summed E-state index contributed by atoms with van der Waals surface area (Å²) < 4.78 is 6.07. The van der Waals surface area contributed by atoms with E-state index < -0.39 is 0 Å². The van der Waals surface area contributed by atoms with Crippen molar-refractivity contribution in [2.75, 3.05) is 0 Å². The summed E-state index contributed by atoms with van der Waals surface area (Å²) in [5.41, 5.74) is 7.09. The minimum Gasteiger partial charge on any atom is -0.456 e. The van der Waals surface area contributed by atoms with Gasteiger partial charge in [-0.25, -0.2) is 0 Å². The summed E-state index contributed by atoms with van der Waals surface area (Å²) in [5, 5.41) is 19.0. The molecular formula is C35H19NO. The Labute approximate surface area is 212 Å². The quantitative estimate of drug-likeness (QED) is 0.236. The van der Waals surface area contributed by atoms with Crippen molar-refractivity contribution in [2.45, 2.75) is 0 Å². The summed E-state index contributed by atoms with van der Waals surface area (Å²) in [5.74, 6) is 0. The summed E-state index contributed by atoms with van der Waals surface area (Å²) >= 11 is 0. The fourth-order valence-electron chi connectivity index (χ4n) is 5.94. The number of rotatable bonds is 2. The first-order valence-corrected chi connectivity index (χ1v) is 12.4. The van der Waals surface area contributed by atoms with Gasteiger partial charge in [-0.2, -0.15) is 5.26 Å². The van der Waals surface area contributed by atoms with E-state index in [1.54, 1.807) is 6.07 Å². The smallest absolute Gasteiger partial charge is 0.135 e. The lowest BCUT2D eigenvalue weighted by molar-refractivity contribution is 0.669. The minimum absolute atomic E-state index is 0.637. The molecule has 1 heterocycles. The zero-order valence-corrected chi connectivity index (χ0v) is 19.8. The van der Waals surface area contributed by atoms with E-state index >= 15 is 0 Å². The first kappa shape index (κ1) is 20.1. The molecule has 7 aromatic carbocycles. The molecule has 0 radical (unpaired) electrons. The van der Waals surface area contributed by atoms with Crippen LogP contribution in [0, 0.1) is 11.3 Å². The van der Waals surface area contributed by atoms with Crippen LogP contribution < -0.4 is 0 Å². The summed E-state index contributed by atoms with van der Waals surface area (Å²) in [6.07, 6.45) is 0. The zero-order chi connectivity index (χ0) is 24.5. The van der Waals surface area contributed by atoms with Gasteiger partial charge in [0.25, 0.3) is 0 Å². The van der Waals surface area contributed by atoms with Crippen LogP contribution in [0.2, 0.25) is 0 Å². The lowest BCUT2D eigenvalue weighted by atomic mass is 9.87. The molecule has 0 aliphatic heterocycles. The number of benzene rings is 7. The monoisotopic (exact) mass is 469 g/mol. The van der Waals surface area contributed by atoms with E-state index in [0.29, 0.717) is 5.56 Å². The Hall–Kier alpha value is -5.13. The van der Waals surface area contributed by atoms with E-state index in [1.165, 1.54) is 49.0 Å². The molecule has 170 valence electrons. The van der Waals surface area contributed by atoms with Gasteiger partial charge in [0.2, 0.25) is 0 Å². The van der Waals surface area contributed by atoms with Crippen LogP contribution in [-0.4, -0.2) is 0 Å². The molecule has 0 unspecified atom stereocenters. The van der Waals surface area contributed by atoms with Gasteiger partial charge in [-0.1, -0.05) is 84.9 Å². The van der Waals surface area contributed by atoms with Crippen LogP contribution in [0.5, 0.6) is 0 Å². The minimum atomic E-state index is 0.637. The number of hydrogen-bond acceptors (Lipinski definition) is 2. The molecule has 0 fully saturated rings. The molecule has 2 heteroatoms. The third-order valence-electron chi connectivity index (χ3n) is 7.66. The molecule has 0 amide bonds. The Balaban J connectivity index is 1.42. The highest BCUT2D eigenvalue weighted by molar-refractivity contribution is 6.27. The molecule has 0 aliphatic rings. The molecule has 0 spiro atoms. The number of hydrogen-bond donors (Lipinski definition) is 0. The van der Waals surface area contributed by atoms with Crippen molar-refractivity contribution >= 4 is 54.3 Å². The molecule has 0 bridgehead atoms. The average Bonchev–Trinajstić information content (AvgIpc) is 3.33. The van der Waals surface area contributed by atoms with E-state index in [4.69, 9.17) is 4.42 Å². The summed E-state index contributed by atoms with van der Waals surface area (Å²) in [4.78, 5) is 0. The maximum Gasteiger partial charge on any atom is 0.135 e. The van der Waals surface area contributed by atoms with Crippen LogP contribution in [0.25, 0.3) is 76.5 Å². The highest BCUT2D eigenvalue weighted by Gasteiger charge is 2.16. The molecule has 0 saturated heterocycles. The van der Waals surface area contributed by atoms with Gasteiger partial charge in [-0.3, -0.25) is 0 Å². The van der Waals surface area contributed by atoms with Crippen LogP contribution in [0.15, 0.2) is 120 Å². The van der Waals surface area contributed by atoms with Crippen molar-refractivity contribution in [3.05, 3.63) is 121 Å². The van der Waals surface area contributed by atoms with E-state index in [1.807, 2.05) is 18.2 Å². The molecule has 0 N–H and O–H groups in total. The average molecular weight is 470 g/mol. The molecule has 0 saturated carbocycles. The van der Waals surface area contributed by atoms with Crippen LogP contribution >= 0.6 is 0 Å². The first-order valence-electron chi connectivity index (χ1n) is 12.4. The summed E-state index contributed by atoms with van der Waals surface area (Å²) in [6.45, 7) is 0. The maximum atomic E-state index is 9.40. The lowest BCUT2D eigenvalue weighted by Crippen LogP contribution is -1.89.